The number of primary amides is 1. The molecule has 0 aliphatic rings. The van der Waals surface area contributed by atoms with Gasteiger partial charge in [0.1, 0.15) is 0 Å². The molecule has 0 aromatic carbocycles. The minimum Gasteiger partial charge on any atom is -0.369 e. The van der Waals surface area contributed by atoms with Crippen molar-refractivity contribution in [1.82, 2.24) is 0 Å². The molecular weight excluding hydrogens is 190 g/mol. The number of carbonyl (C=O) groups is 1. The Morgan fingerprint density at radius 3 is 2.42 bits per heavy atom. The van der Waals surface area contributed by atoms with Crippen molar-refractivity contribution in [3.8, 4) is 0 Å². The van der Waals surface area contributed by atoms with Crippen LogP contribution in [0, 0.1) is 5.92 Å². The molecule has 0 bridgehead atoms. The first-order chi connectivity index (χ1) is 5.61. The third-order valence-corrected chi connectivity index (χ3v) is 3.01. The monoisotopic (exact) mass is 207 g/mol. The van der Waals surface area contributed by atoms with E-state index in [1.54, 1.807) is 0 Å². The molecule has 12 heavy (non-hydrogen) atoms. The molecule has 0 rings (SSSR count). The average molecular weight is 207 g/mol. The van der Waals surface area contributed by atoms with E-state index in [-0.39, 0.29) is 11.8 Å². The van der Waals surface area contributed by atoms with Crippen molar-refractivity contribution >= 4 is 31.2 Å². The van der Waals surface area contributed by atoms with Crippen LogP contribution >= 0.6 is 25.3 Å². The minimum absolute atomic E-state index is 0.0884. The van der Waals surface area contributed by atoms with Crippen LogP contribution in [-0.4, -0.2) is 16.9 Å². The van der Waals surface area contributed by atoms with Gasteiger partial charge < -0.3 is 5.73 Å². The standard InChI is InChI=1S/C8H17NOS2/c1-2-7(12)4-3-6(5-11)8(9)10/h6-7,11-12H,2-5H2,1H3,(H2,9,10). The maximum Gasteiger partial charge on any atom is 0.221 e. The van der Waals surface area contributed by atoms with Crippen molar-refractivity contribution in [1.29, 1.82) is 0 Å². The predicted molar refractivity (Wildman–Crippen MR) is 58.8 cm³/mol. The van der Waals surface area contributed by atoms with E-state index in [1.165, 1.54) is 0 Å². The highest BCUT2D eigenvalue weighted by Crippen LogP contribution is 2.15. The summed E-state index contributed by atoms with van der Waals surface area (Å²) in [6.07, 6.45) is 2.77. The van der Waals surface area contributed by atoms with Crippen molar-refractivity contribution in [2.45, 2.75) is 31.4 Å². The summed E-state index contributed by atoms with van der Waals surface area (Å²) >= 11 is 8.40. The Morgan fingerprint density at radius 1 is 1.50 bits per heavy atom. The molecular formula is C8H17NOS2. The largest absolute Gasteiger partial charge is 0.369 e. The molecule has 72 valence electrons. The molecule has 0 aliphatic heterocycles. The average Bonchev–Trinajstić information content (AvgIpc) is 2.04. The SMILES string of the molecule is CCC(S)CCC(CS)C(N)=O. The number of nitrogens with two attached hydrogens (primary N) is 1. The van der Waals surface area contributed by atoms with Crippen molar-refractivity contribution < 1.29 is 4.79 Å². The van der Waals surface area contributed by atoms with Crippen LogP contribution in [0.1, 0.15) is 26.2 Å². The zero-order valence-electron chi connectivity index (χ0n) is 7.36. The fourth-order valence-corrected chi connectivity index (χ4v) is 1.43. The zero-order valence-corrected chi connectivity index (χ0v) is 9.15. The molecule has 2 N–H and O–H groups in total. The summed E-state index contributed by atoms with van der Waals surface area (Å²) in [5.41, 5.74) is 5.16. The van der Waals surface area contributed by atoms with Crippen LogP contribution in [0.2, 0.25) is 0 Å². The van der Waals surface area contributed by atoms with Crippen molar-refractivity contribution in [2.24, 2.45) is 11.7 Å². The smallest absolute Gasteiger partial charge is 0.221 e. The highest BCUT2D eigenvalue weighted by molar-refractivity contribution is 7.81. The molecule has 0 saturated carbocycles. The Hall–Kier alpha value is 0.170. The Balaban J connectivity index is 3.65. The number of rotatable bonds is 6. The van der Waals surface area contributed by atoms with Crippen molar-refractivity contribution in [3.63, 3.8) is 0 Å². The van der Waals surface area contributed by atoms with Crippen LogP contribution in [0.5, 0.6) is 0 Å². The second kappa shape index (κ2) is 6.66. The van der Waals surface area contributed by atoms with Gasteiger partial charge in [-0.3, -0.25) is 4.79 Å². The first kappa shape index (κ1) is 12.2. The quantitative estimate of drug-likeness (QED) is 0.568. The van der Waals surface area contributed by atoms with Crippen LogP contribution in [0.15, 0.2) is 0 Å². The van der Waals surface area contributed by atoms with Gasteiger partial charge >= 0.3 is 0 Å². The summed E-state index contributed by atoms with van der Waals surface area (Å²) in [6, 6.07) is 0. The molecule has 4 heteroatoms. The number of hydrogen-bond acceptors (Lipinski definition) is 3. The van der Waals surface area contributed by atoms with E-state index in [0.717, 1.165) is 19.3 Å². The molecule has 0 heterocycles. The minimum atomic E-state index is -0.248. The van der Waals surface area contributed by atoms with Gasteiger partial charge in [0.2, 0.25) is 5.91 Å². The lowest BCUT2D eigenvalue weighted by Crippen LogP contribution is -2.25. The van der Waals surface area contributed by atoms with Crippen LogP contribution in [0.4, 0.5) is 0 Å². The third-order valence-electron chi connectivity index (χ3n) is 1.94. The van der Waals surface area contributed by atoms with Crippen LogP contribution in [0.3, 0.4) is 0 Å². The summed E-state index contributed by atoms with van der Waals surface area (Å²) in [5, 5.41) is 0.381. The van der Waals surface area contributed by atoms with Crippen LogP contribution in [-0.2, 0) is 4.79 Å². The molecule has 2 atom stereocenters. The lowest BCUT2D eigenvalue weighted by molar-refractivity contribution is -0.121. The van der Waals surface area contributed by atoms with Crippen molar-refractivity contribution in [2.75, 3.05) is 5.75 Å². The summed E-state index contributed by atoms with van der Waals surface area (Å²) in [6.45, 7) is 2.08. The van der Waals surface area contributed by atoms with Gasteiger partial charge in [0.25, 0.3) is 0 Å². The Kier molecular flexibility index (Phi) is 6.76. The summed E-state index contributed by atoms with van der Waals surface area (Å²) in [4.78, 5) is 10.8. The Bertz CT molecular complexity index is 141. The molecule has 2 unspecified atom stereocenters. The lowest BCUT2D eigenvalue weighted by Gasteiger charge is -2.12. The molecule has 0 spiro atoms. The molecule has 0 aromatic heterocycles. The van der Waals surface area contributed by atoms with Gasteiger partial charge in [-0.2, -0.15) is 25.3 Å². The van der Waals surface area contributed by atoms with E-state index >= 15 is 0 Å². The Labute approximate surface area is 85.1 Å². The summed E-state index contributed by atoms with van der Waals surface area (Å²) in [5.74, 6) is 0.204. The van der Waals surface area contributed by atoms with E-state index in [2.05, 4.69) is 32.2 Å². The number of amides is 1. The molecule has 0 aromatic rings. The first-order valence-corrected chi connectivity index (χ1v) is 5.34. The fraction of sp³-hybridized carbons (Fsp3) is 0.875. The second-order valence-electron chi connectivity index (χ2n) is 2.92. The number of hydrogen-bond donors (Lipinski definition) is 3. The Morgan fingerprint density at radius 2 is 2.08 bits per heavy atom. The van der Waals surface area contributed by atoms with Gasteiger partial charge in [0.15, 0.2) is 0 Å². The molecule has 0 fully saturated rings. The first-order valence-electron chi connectivity index (χ1n) is 4.20. The molecule has 1 amide bonds. The maximum absolute atomic E-state index is 10.8. The van der Waals surface area contributed by atoms with Gasteiger partial charge in [0.05, 0.1) is 0 Å². The normalized spacial score (nSPS) is 15.6. The lowest BCUT2D eigenvalue weighted by atomic mass is 10.0. The van der Waals surface area contributed by atoms with Gasteiger partial charge in [0, 0.05) is 16.9 Å². The fourth-order valence-electron chi connectivity index (χ4n) is 0.921. The van der Waals surface area contributed by atoms with Gasteiger partial charge in [-0.15, -0.1) is 0 Å². The highest BCUT2D eigenvalue weighted by Gasteiger charge is 2.14. The van der Waals surface area contributed by atoms with E-state index in [4.69, 9.17) is 5.73 Å². The second-order valence-corrected chi connectivity index (χ2v) is 4.02. The van der Waals surface area contributed by atoms with Gasteiger partial charge in [-0.05, 0) is 19.3 Å². The zero-order chi connectivity index (χ0) is 9.56. The van der Waals surface area contributed by atoms with Crippen LogP contribution < -0.4 is 5.73 Å². The highest BCUT2D eigenvalue weighted by atomic mass is 32.1. The van der Waals surface area contributed by atoms with E-state index in [9.17, 15) is 4.79 Å². The van der Waals surface area contributed by atoms with E-state index in [0.29, 0.717) is 11.0 Å². The van der Waals surface area contributed by atoms with Crippen LogP contribution in [0.25, 0.3) is 0 Å². The van der Waals surface area contributed by atoms with E-state index < -0.39 is 0 Å². The van der Waals surface area contributed by atoms with Gasteiger partial charge in [-0.25, -0.2) is 0 Å². The molecule has 0 radical (unpaired) electrons. The topological polar surface area (TPSA) is 43.1 Å². The maximum atomic E-state index is 10.8. The third kappa shape index (κ3) is 4.93. The molecule has 2 nitrogen and oxygen atoms in total. The van der Waals surface area contributed by atoms with Gasteiger partial charge in [-0.1, -0.05) is 6.92 Å². The predicted octanol–water partition coefficient (Wildman–Crippen LogP) is 1.51. The molecule has 0 aliphatic carbocycles. The van der Waals surface area contributed by atoms with E-state index in [1.807, 2.05) is 0 Å². The van der Waals surface area contributed by atoms with Crippen molar-refractivity contribution in [3.05, 3.63) is 0 Å². The summed E-state index contributed by atoms with van der Waals surface area (Å²) < 4.78 is 0. The molecule has 0 saturated heterocycles. The number of thiol groups is 2. The number of carbonyl (C=O) groups excluding carboxylic acids is 1. The summed E-state index contributed by atoms with van der Waals surface area (Å²) in [7, 11) is 0.